The second-order valence-electron chi connectivity index (χ2n) is 4.64. The van der Waals surface area contributed by atoms with Crippen LogP contribution in [-0.2, 0) is 0 Å². The van der Waals surface area contributed by atoms with Crippen LogP contribution in [0, 0.1) is 0 Å². The first kappa shape index (κ1) is 12.5. The Balaban J connectivity index is 2.13. The number of ether oxygens (including phenoxy) is 1. The Morgan fingerprint density at radius 3 is 2.55 bits per heavy atom. The van der Waals surface area contributed by atoms with Gasteiger partial charge in [0.2, 0.25) is 0 Å². The summed E-state index contributed by atoms with van der Waals surface area (Å²) in [4.78, 5) is 13.4. The number of hydrogen-bond acceptors (Lipinski definition) is 3. The molecule has 0 saturated heterocycles. The van der Waals surface area contributed by atoms with Gasteiger partial charge in [-0.25, -0.2) is 4.79 Å². The monoisotopic (exact) mass is 269 g/mol. The zero-order valence-electron chi connectivity index (χ0n) is 11.0. The van der Waals surface area contributed by atoms with Crippen molar-refractivity contribution in [3.63, 3.8) is 0 Å². The van der Waals surface area contributed by atoms with Crippen molar-refractivity contribution in [2.75, 3.05) is 18.1 Å². The molecule has 1 N–H and O–H groups in total. The molecule has 1 heterocycles. The van der Waals surface area contributed by atoms with E-state index < -0.39 is 5.97 Å². The van der Waals surface area contributed by atoms with Gasteiger partial charge in [0, 0.05) is 6.54 Å². The van der Waals surface area contributed by atoms with Gasteiger partial charge in [-0.3, -0.25) is 0 Å². The topological polar surface area (TPSA) is 49.8 Å². The average Bonchev–Trinajstić information content (AvgIpc) is 2.69. The molecule has 0 amide bonds. The Kier molecular flexibility index (Phi) is 3.29. The molecule has 0 saturated carbocycles. The fourth-order valence-corrected chi connectivity index (χ4v) is 2.47. The molecule has 0 aliphatic carbocycles. The number of nitrogens with zero attached hydrogens (tertiary/aromatic N) is 1. The van der Waals surface area contributed by atoms with E-state index in [1.165, 1.54) is 0 Å². The molecule has 20 heavy (non-hydrogen) atoms. The maximum atomic E-state index is 11.4. The van der Waals surface area contributed by atoms with E-state index >= 15 is 0 Å². The van der Waals surface area contributed by atoms with E-state index in [2.05, 4.69) is 0 Å². The van der Waals surface area contributed by atoms with Crippen LogP contribution >= 0.6 is 0 Å². The van der Waals surface area contributed by atoms with Crippen LogP contribution in [0.4, 0.5) is 11.4 Å². The highest BCUT2D eigenvalue weighted by atomic mass is 16.5. The first-order valence-corrected chi connectivity index (χ1v) is 6.59. The second-order valence-corrected chi connectivity index (χ2v) is 4.64. The third-order valence-electron chi connectivity index (χ3n) is 3.36. The Labute approximate surface area is 117 Å². The average molecular weight is 269 g/mol. The Morgan fingerprint density at radius 1 is 1.05 bits per heavy atom. The lowest BCUT2D eigenvalue weighted by molar-refractivity contribution is 0.0697. The third-order valence-corrected chi connectivity index (χ3v) is 3.36. The normalized spacial score (nSPS) is 14.1. The lowest BCUT2D eigenvalue weighted by Crippen LogP contribution is -2.20. The zero-order chi connectivity index (χ0) is 13.9. The van der Waals surface area contributed by atoms with Crippen LogP contribution in [0.3, 0.4) is 0 Å². The summed E-state index contributed by atoms with van der Waals surface area (Å²) in [7, 11) is 0. The fourth-order valence-electron chi connectivity index (χ4n) is 2.47. The number of anilines is 2. The van der Waals surface area contributed by atoms with Crippen molar-refractivity contribution in [2.45, 2.75) is 6.42 Å². The minimum atomic E-state index is -0.914. The zero-order valence-corrected chi connectivity index (χ0v) is 11.0. The quantitative estimate of drug-likeness (QED) is 0.908. The summed E-state index contributed by atoms with van der Waals surface area (Å²) in [5, 5.41) is 9.36. The molecule has 0 fully saturated rings. The molecule has 2 aromatic carbocycles. The predicted octanol–water partition coefficient (Wildman–Crippen LogP) is 3.31. The highest BCUT2D eigenvalue weighted by Crippen LogP contribution is 2.37. The molecule has 2 aromatic rings. The number of hydrogen-bond donors (Lipinski definition) is 1. The van der Waals surface area contributed by atoms with Crippen LogP contribution < -0.4 is 9.64 Å². The summed E-state index contributed by atoms with van der Waals surface area (Å²) in [5.74, 6) is -0.117. The third kappa shape index (κ3) is 2.20. The minimum absolute atomic E-state index is 0.309. The van der Waals surface area contributed by atoms with Crippen LogP contribution in [0.1, 0.15) is 16.8 Å². The van der Waals surface area contributed by atoms with Crippen LogP contribution in [0.2, 0.25) is 0 Å². The number of para-hydroxylation sites is 3. The van der Waals surface area contributed by atoms with Gasteiger partial charge in [-0.1, -0.05) is 24.3 Å². The van der Waals surface area contributed by atoms with E-state index in [9.17, 15) is 9.90 Å². The highest BCUT2D eigenvalue weighted by Gasteiger charge is 2.21. The van der Waals surface area contributed by atoms with Crippen molar-refractivity contribution in [2.24, 2.45) is 0 Å². The summed E-state index contributed by atoms with van der Waals surface area (Å²) in [6.45, 7) is 1.38. The minimum Gasteiger partial charge on any atom is -0.491 e. The van der Waals surface area contributed by atoms with E-state index in [0.29, 0.717) is 17.9 Å². The van der Waals surface area contributed by atoms with E-state index in [1.807, 2.05) is 41.3 Å². The maximum Gasteiger partial charge on any atom is 0.337 e. The van der Waals surface area contributed by atoms with Crippen molar-refractivity contribution in [3.8, 4) is 5.75 Å². The van der Waals surface area contributed by atoms with Crippen LogP contribution in [0.15, 0.2) is 48.5 Å². The van der Waals surface area contributed by atoms with E-state index in [4.69, 9.17) is 4.74 Å². The van der Waals surface area contributed by atoms with Gasteiger partial charge in [0.05, 0.1) is 23.5 Å². The first-order chi connectivity index (χ1) is 9.77. The Morgan fingerprint density at radius 2 is 1.75 bits per heavy atom. The van der Waals surface area contributed by atoms with Gasteiger partial charge < -0.3 is 14.7 Å². The molecule has 4 heteroatoms. The molecule has 0 bridgehead atoms. The first-order valence-electron chi connectivity index (χ1n) is 6.59. The number of carbonyl (C=O) groups is 1. The molecule has 0 spiro atoms. The van der Waals surface area contributed by atoms with E-state index in [1.54, 1.807) is 12.1 Å². The molecule has 0 atom stereocenters. The Bertz CT molecular complexity index is 639. The van der Waals surface area contributed by atoms with Crippen molar-refractivity contribution in [3.05, 3.63) is 54.1 Å². The number of rotatable bonds is 2. The van der Waals surface area contributed by atoms with Gasteiger partial charge in [-0.15, -0.1) is 0 Å². The molecule has 102 valence electrons. The maximum absolute atomic E-state index is 11.4. The van der Waals surface area contributed by atoms with Gasteiger partial charge in [0.25, 0.3) is 0 Å². The largest absolute Gasteiger partial charge is 0.491 e. The molecular formula is C16H15NO3. The molecule has 0 aromatic heterocycles. The van der Waals surface area contributed by atoms with E-state index in [0.717, 1.165) is 24.4 Å². The van der Waals surface area contributed by atoms with Crippen molar-refractivity contribution < 1.29 is 14.6 Å². The summed E-state index contributed by atoms with van der Waals surface area (Å²) < 4.78 is 5.71. The summed E-state index contributed by atoms with van der Waals surface area (Å²) in [6, 6.07) is 14.8. The van der Waals surface area contributed by atoms with Gasteiger partial charge >= 0.3 is 5.97 Å². The number of benzene rings is 2. The number of fused-ring (bicyclic) bond motifs is 1. The standard InChI is InChI=1S/C16H15NO3/c18-16(19)12-6-1-2-7-13(12)17-10-5-11-20-15-9-4-3-8-14(15)17/h1-4,6-9H,5,10-11H2,(H,18,19). The van der Waals surface area contributed by atoms with Gasteiger partial charge in [-0.2, -0.15) is 0 Å². The SMILES string of the molecule is O=C(O)c1ccccc1N1CCCOc2ccccc21. The smallest absolute Gasteiger partial charge is 0.337 e. The second kappa shape index (κ2) is 5.25. The highest BCUT2D eigenvalue weighted by molar-refractivity contribution is 5.96. The van der Waals surface area contributed by atoms with Gasteiger partial charge in [0.1, 0.15) is 5.75 Å². The summed E-state index contributed by atoms with van der Waals surface area (Å²) in [5.41, 5.74) is 1.93. The van der Waals surface area contributed by atoms with E-state index in [-0.39, 0.29) is 0 Å². The predicted molar refractivity (Wildman–Crippen MR) is 77.0 cm³/mol. The number of carboxylic acid groups (broad SMARTS) is 1. The lowest BCUT2D eigenvalue weighted by atomic mass is 10.1. The molecule has 0 radical (unpaired) electrons. The van der Waals surface area contributed by atoms with Gasteiger partial charge in [0.15, 0.2) is 0 Å². The number of aromatic carboxylic acids is 1. The lowest BCUT2D eigenvalue weighted by Gasteiger charge is -2.25. The van der Waals surface area contributed by atoms with Crippen LogP contribution in [0.25, 0.3) is 0 Å². The van der Waals surface area contributed by atoms with Crippen LogP contribution in [0.5, 0.6) is 5.75 Å². The van der Waals surface area contributed by atoms with Crippen LogP contribution in [-0.4, -0.2) is 24.2 Å². The molecule has 0 unspecified atom stereocenters. The summed E-state index contributed by atoms with van der Waals surface area (Å²) in [6.07, 6.45) is 0.850. The molecule has 1 aliphatic rings. The molecular weight excluding hydrogens is 254 g/mol. The summed E-state index contributed by atoms with van der Waals surface area (Å²) >= 11 is 0. The van der Waals surface area contributed by atoms with Crippen molar-refractivity contribution in [1.29, 1.82) is 0 Å². The van der Waals surface area contributed by atoms with Gasteiger partial charge in [-0.05, 0) is 30.7 Å². The van der Waals surface area contributed by atoms with Crippen molar-refractivity contribution >= 4 is 17.3 Å². The molecule has 1 aliphatic heterocycles. The number of carboxylic acids is 1. The fraction of sp³-hybridized carbons (Fsp3) is 0.188. The molecule has 4 nitrogen and oxygen atoms in total. The van der Waals surface area contributed by atoms with Crippen molar-refractivity contribution in [1.82, 2.24) is 0 Å². The Hall–Kier alpha value is -2.49. The molecule has 3 rings (SSSR count).